The van der Waals surface area contributed by atoms with Crippen LogP contribution in [0.2, 0.25) is 0 Å². The Bertz CT molecular complexity index is 601. The number of benzene rings is 1. The van der Waals surface area contributed by atoms with Gasteiger partial charge in [0.25, 0.3) is 0 Å². The van der Waals surface area contributed by atoms with Gasteiger partial charge in [0.2, 0.25) is 0 Å². The van der Waals surface area contributed by atoms with Crippen molar-refractivity contribution in [2.24, 2.45) is 0 Å². The Morgan fingerprint density at radius 3 is 2.33 bits per heavy atom. The number of hydrogen-bond donors (Lipinski definition) is 1. The zero-order valence-corrected chi connectivity index (χ0v) is 12.0. The average Bonchev–Trinajstić information content (AvgIpc) is 2.47. The number of hydrogen-bond acceptors (Lipinski definition) is 2. The first kappa shape index (κ1) is 15.6. The van der Waals surface area contributed by atoms with Crippen molar-refractivity contribution in [3.05, 3.63) is 59.8 Å². The van der Waals surface area contributed by atoms with Crippen molar-refractivity contribution in [2.75, 3.05) is 11.2 Å². The number of aromatic nitrogens is 1. The number of halogens is 4. The lowest BCUT2D eigenvalue weighted by Gasteiger charge is -2.30. The summed E-state index contributed by atoms with van der Waals surface area (Å²) in [7, 11) is 0. The first-order valence-electron chi connectivity index (χ1n) is 6.28. The van der Waals surface area contributed by atoms with E-state index >= 15 is 0 Å². The van der Waals surface area contributed by atoms with E-state index in [1.807, 2.05) is 37.3 Å². The molecular formula is C15H14ClF3N2. The molecule has 2 rings (SSSR count). The molecule has 0 saturated carbocycles. The molecule has 1 aromatic heterocycles. The summed E-state index contributed by atoms with van der Waals surface area (Å²) in [6.45, 7) is 1.82. The van der Waals surface area contributed by atoms with Gasteiger partial charge in [-0.05, 0) is 24.6 Å². The third kappa shape index (κ3) is 3.67. The molecule has 21 heavy (non-hydrogen) atoms. The lowest BCUT2D eigenvalue weighted by molar-refractivity contribution is -0.137. The van der Waals surface area contributed by atoms with Crippen LogP contribution in [0, 0.1) is 0 Å². The molecule has 2 nitrogen and oxygen atoms in total. The lowest BCUT2D eigenvalue weighted by atomic mass is 9.94. The summed E-state index contributed by atoms with van der Waals surface area (Å²) >= 11 is 6.01. The zero-order valence-electron chi connectivity index (χ0n) is 11.3. The molecule has 0 saturated heterocycles. The maximum Gasteiger partial charge on any atom is 0.416 e. The average molecular weight is 315 g/mol. The van der Waals surface area contributed by atoms with E-state index in [0.29, 0.717) is 0 Å². The SMILES string of the molecule is CC(CCl)(Nc1cc(C(F)(F)F)ccn1)c1ccccc1. The molecule has 1 aromatic carbocycles. The summed E-state index contributed by atoms with van der Waals surface area (Å²) in [5, 5.41) is 2.99. The van der Waals surface area contributed by atoms with Crippen LogP contribution >= 0.6 is 11.6 Å². The first-order chi connectivity index (χ1) is 9.85. The minimum atomic E-state index is -4.40. The third-order valence-corrected chi connectivity index (χ3v) is 3.70. The summed E-state index contributed by atoms with van der Waals surface area (Å²) in [4.78, 5) is 3.94. The maximum absolute atomic E-state index is 12.7. The Balaban J connectivity index is 2.31. The van der Waals surface area contributed by atoms with E-state index in [-0.39, 0.29) is 11.7 Å². The standard InChI is InChI=1S/C15H14ClF3N2/c1-14(10-16,11-5-3-2-4-6-11)21-13-9-12(7-8-20-13)15(17,18)19/h2-9H,10H2,1H3,(H,20,21). The van der Waals surface area contributed by atoms with Crippen LogP contribution in [0.3, 0.4) is 0 Å². The predicted octanol–water partition coefficient (Wildman–Crippen LogP) is 4.67. The number of nitrogens with zero attached hydrogens (tertiary/aromatic N) is 1. The van der Waals surface area contributed by atoms with Gasteiger partial charge in [0.05, 0.1) is 11.1 Å². The Kier molecular flexibility index (Phi) is 4.42. The van der Waals surface area contributed by atoms with E-state index in [9.17, 15) is 13.2 Å². The van der Waals surface area contributed by atoms with Crippen LogP contribution < -0.4 is 5.32 Å². The number of rotatable bonds is 4. The molecule has 0 radical (unpaired) electrons. The molecule has 6 heteroatoms. The van der Waals surface area contributed by atoms with Crippen molar-refractivity contribution >= 4 is 17.4 Å². The van der Waals surface area contributed by atoms with Gasteiger partial charge in [0, 0.05) is 12.1 Å². The van der Waals surface area contributed by atoms with E-state index in [1.54, 1.807) is 0 Å². The first-order valence-corrected chi connectivity index (χ1v) is 6.81. The molecule has 1 atom stereocenters. The highest BCUT2D eigenvalue weighted by atomic mass is 35.5. The van der Waals surface area contributed by atoms with Crippen molar-refractivity contribution in [2.45, 2.75) is 18.6 Å². The third-order valence-electron chi connectivity index (χ3n) is 3.17. The summed E-state index contributed by atoms with van der Waals surface area (Å²) in [6, 6.07) is 11.2. The van der Waals surface area contributed by atoms with Crippen molar-refractivity contribution < 1.29 is 13.2 Å². The molecule has 0 aliphatic rings. The van der Waals surface area contributed by atoms with E-state index in [4.69, 9.17) is 11.6 Å². The molecule has 0 aliphatic carbocycles. The van der Waals surface area contributed by atoms with Crippen LogP contribution in [0.4, 0.5) is 19.0 Å². The Morgan fingerprint density at radius 1 is 1.10 bits per heavy atom. The van der Waals surface area contributed by atoms with Crippen LogP contribution in [-0.4, -0.2) is 10.9 Å². The highest BCUT2D eigenvalue weighted by Crippen LogP contribution is 2.32. The topological polar surface area (TPSA) is 24.9 Å². The number of anilines is 1. The fraction of sp³-hybridized carbons (Fsp3) is 0.267. The van der Waals surface area contributed by atoms with Crippen LogP contribution in [-0.2, 0) is 11.7 Å². The maximum atomic E-state index is 12.7. The van der Waals surface area contributed by atoms with E-state index in [2.05, 4.69) is 10.3 Å². The molecule has 112 valence electrons. The molecule has 2 aromatic rings. The quantitative estimate of drug-likeness (QED) is 0.830. The smallest absolute Gasteiger partial charge is 0.360 e. The lowest BCUT2D eigenvalue weighted by Crippen LogP contribution is -2.34. The van der Waals surface area contributed by atoms with Gasteiger partial charge < -0.3 is 5.32 Å². The van der Waals surface area contributed by atoms with Gasteiger partial charge in [-0.25, -0.2) is 4.98 Å². The van der Waals surface area contributed by atoms with E-state index < -0.39 is 17.3 Å². The van der Waals surface area contributed by atoms with Gasteiger partial charge in [0.1, 0.15) is 5.82 Å². The van der Waals surface area contributed by atoms with Gasteiger partial charge in [-0.15, -0.1) is 11.6 Å². The van der Waals surface area contributed by atoms with Crippen molar-refractivity contribution in [1.29, 1.82) is 0 Å². The van der Waals surface area contributed by atoms with Crippen LogP contribution in [0.15, 0.2) is 48.7 Å². The van der Waals surface area contributed by atoms with Crippen molar-refractivity contribution in [3.63, 3.8) is 0 Å². The summed E-state index contributed by atoms with van der Waals surface area (Å²) in [5.41, 5.74) is -0.579. The Hall–Kier alpha value is -1.75. The second-order valence-electron chi connectivity index (χ2n) is 4.88. The van der Waals surface area contributed by atoms with Crippen LogP contribution in [0.1, 0.15) is 18.1 Å². The predicted molar refractivity (Wildman–Crippen MR) is 77.4 cm³/mol. The summed E-state index contributed by atoms with van der Waals surface area (Å²) < 4.78 is 38.2. The van der Waals surface area contributed by atoms with Crippen LogP contribution in [0.25, 0.3) is 0 Å². The Labute approximate surface area is 126 Å². The minimum absolute atomic E-state index is 0.136. The highest BCUT2D eigenvalue weighted by Gasteiger charge is 2.32. The van der Waals surface area contributed by atoms with Crippen LogP contribution in [0.5, 0.6) is 0 Å². The van der Waals surface area contributed by atoms with Gasteiger partial charge in [0.15, 0.2) is 0 Å². The second-order valence-corrected chi connectivity index (χ2v) is 5.15. The van der Waals surface area contributed by atoms with Gasteiger partial charge in [-0.1, -0.05) is 30.3 Å². The van der Waals surface area contributed by atoms with Crippen molar-refractivity contribution in [3.8, 4) is 0 Å². The fourth-order valence-electron chi connectivity index (χ4n) is 1.95. The van der Waals surface area contributed by atoms with Gasteiger partial charge >= 0.3 is 6.18 Å². The van der Waals surface area contributed by atoms with Gasteiger partial charge in [-0.2, -0.15) is 13.2 Å². The number of nitrogens with one attached hydrogen (secondary N) is 1. The fourth-order valence-corrected chi connectivity index (χ4v) is 2.17. The second kappa shape index (κ2) is 5.93. The summed E-state index contributed by atoms with van der Waals surface area (Å²) in [5.74, 6) is 0.325. The zero-order chi connectivity index (χ0) is 15.5. The number of alkyl halides is 4. The molecule has 1 unspecified atom stereocenters. The highest BCUT2D eigenvalue weighted by molar-refractivity contribution is 6.18. The molecule has 0 spiro atoms. The largest absolute Gasteiger partial charge is 0.416 e. The minimum Gasteiger partial charge on any atom is -0.360 e. The Morgan fingerprint density at radius 2 is 1.76 bits per heavy atom. The monoisotopic (exact) mass is 314 g/mol. The normalized spacial score (nSPS) is 14.5. The molecule has 0 fully saturated rings. The molecule has 0 aliphatic heterocycles. The molecule has 1 heterocycles. The molecular weight excluding hydrogens is 301 g/mol. The van der Waals surface area contributed by atoms with Gasteiger partial charge in [-0.3, -0.25) is 0 Å². The number of pyridine rings is 1. The molecule has 0 bridgehead atoms. The van der Waals surface area contributed by atoms with Crippen molar-refractivity contribution in [1.82, 2.24) is 4.98 Å². The summed E-state index contributed by atoms with van der Waals surface area (Å²) in [6.07, 6.45) is -3.27. The van der Waals surface area contributed by atoms with E-state index in [1.165, 1.54) is 0 Å². The molecule has 0 amide bonds. The van der Waals surface area contributed by atoms with E-state index in [0.717, 1.165) is 23.9 Å². The molecule has 1 N–H and O–H groups in total.